The second kappa shape index (κ2) is 12.8. The number of ether oxygens (including phenoxy) is 3. The highest BCUT2D eigenvalue weighted by molar-refractivity contribution is 7.89. The minimum Gasteiger partial charge on any atom is -0.495 e. The average molecular weight is 740 g/mol. The molecular weight excluding hydrogens is 699 g/mol. The van der Waals surface area contributed by atoms with Crippen LogP contribution in [0.3, 0.4) is 0 Å². The van der Waals surface area contributed by atoms with Crippen molar-refractivity contribution in [3.8, 4) is 28.4 Å². The topological polar surface area (TPSA) is 148 Å². The van der Waals surface area contributed by atoms with Crippen LogP contribution in [0.1, 0.15) is 46.3 Å². The summed E-state index contributed by atoms with van der Waals surface area (Å²) in [4.78, 5) is 27.4. The number of carbonyl (C=O) groups excluding carboxylic acids is 2. The molecule has 4 aromatic rings. The quantitative estimate of drug-likeness (QED) is 0.239. The lowest BCUT2D eigenvalue weighted by molar-refractivity contribution is -0.177. The molecule has 0 unspecified atom stereocenters. The van der Waals surface area contributed by atoms with Gasteiger partial charge in [-0.1, -0.05) is 24.3 Å². The number of hydrogen-bond donors (Lipinski definition) is 2. The van der Waals surface area contributed by atoms with Crippen LogP contribution in [0.15, 0.2) is 88.6 Å². The number of amides is 2. The summed E-state index contributed by atoms with van der Waals surface area (Å²) in [6.45, 7) is 0.0898. The molecule has 2 aliphatic heterocycles. The minimum absolute atomic E-state index is 0.0350. The Hall–Kier alpha value is -5.11. The van der Waals surface area contributed by atoms with Gasteiger partial charge in [-0.05, 0) is 84.8 Å². The molecule has 1 spiro atoms. The first-order valence-corrected chi connectivity index (χ1v) is 19.0. The molecule has 0 radical (unpaired) electrons. The Bertz CT molecular complexity index is 2250. The van der Waals surface area contributed by atoms with Gasteiger partial charge in [-0.15, -0.1) is 0 Å². The molecule has 53 heavy (non-hydrogen) atoms. The first-order chi connectivity index (χ1) is 25.4. The zero-order valence-electron chi connectivity index (χ0n) is 29.9. The zero-order chi connectivity index (χ0) is 37.3. The number of benzene rings is 3. The second-order valence-electron chi connectivity index (χ2n) is 14.3. The van der Waals surface area contributed by atoms with E-state index in [1.54, 1.807) is 69.7 Å². The lowest BCUT2D eigenvalue weighted by Gasteiger charge is -2.63. The fourth-order valence-electron chi connectivity index (χ4n) is 9.14. The molecule has 5 atom stereocenters. The number of hydrogen-bond acceptors (Lipinski definition) is 9. The summed E-state index contributed by atoms with van der Waals surface area (Å²) in [7, 11) is 2.06. The molecular formula is C40H41N3O9S. The van der Waals surface area contributed by atoms with Crippen LogP contribution in [0.25, 0.3) is 17.2 Å². The van der Waals surface area contributed by atoms with Gasteiger partial charge in [-0.25, -0.2) is 8.42 Å². The fourth-order valence-corrected chi connectivity index (χ4v) is 11.0. The SMILES string of the molecule is COc1ccc(-c2cccc(C(=O)N(C)C)c2)cc1S(=O)(=O)N1CC[C@]23c4c5ccc(OC)c4O[C@H]2[C@H](NC(=O)/C=C/c2ccoc2)CC[C@@]3(O)[C@H]1C5. The van der Waals surface area contributed by atoms with Crippen LogP contribution in [-0.4, -0.2) is 93.2 Å². The van der Waals surface area contributed by atoms with E-state index in [0.717, 1.165) is 16.7 Å². The molecule has 2 aliphatic carbocycles. The Kier molecular flexibility index (Phi) is 8.43. The summed E-state index contributed by atoms with van der Waals surface area (Å²) >= 11 is 0. The number of carbonyl (C=O) groups is 2. The standard InChI is InChI=1S/C40H41N3O9S/c1-42(2)38(45)28-7-5-6-25(20-28)26-9-11-30(49-3)32(21-26)53(47,48)43-18-17-39-35-27-10-12-31(50-4)36(35)52-37(39)29(14-16-40(39,46)33(43)22-27)41-34(44)13-8-24-15-19-51-23-24/h5-13,15,19-21,23,29,33,37,46H,14,16-18,22H2,1-4H3,(H,41,44)/b13-8+/t29-,33-,37+,39+,40-/m1/s1. The second-order valence-corrected chi connectivity index (χ2v) is 16.2. The molecule has 3 heterocycles. The molecule has 2 N–H and O–H groups in total. The summed E-state index contributed by atoms with van der Waals surface area (Å²) < 4.78 is 54.5. The summed E-state index contributed by atoms with van der Waals surface area (Å²) in [5, 5.41) is 16.2. The largest absolute Gasteiger partial charge is 0.495 e. The first kappa shape index (κ1) is 34.9. The summed E-state index contributed by atoms with van der Waals surface area (Å²) in [5.41, 5.74) is 1.64. The number of nitrogens with zero attached hydrogens (tertiary/aromatic N) is 2. The molecule has 2 bridgehead atoms. The van der Waals surface area contributed by atoms with E-state index in [2.05, 4.69) is 5.32 Å². The van der Waals surface area contributed by atoms with Gasteiger partial charge in [0.15, 0.2) is 11.5 Å². The van der Waals surface area contributed by atoms with Gasteiger partial charge in [0, 0.05) is 43.4 Å². The highest BCUT2D eigenvalue weighted by Crippen LogP contribution is 2.66. The van der Waals surface area contributed by atoms with Gasteiger partial charge >= 0.3 is 0 Å². The highest BCUT2D eigenvalue weighted by atomic mass is 32.2. The van der Waals surface area contributed by atoms with Gasteiger partial charge in [-0.3, -0.25) is 9.59 Å². The van der Waals surface area contributed by atoms with Gasteiger partial charge in [0.05, 0.1) is 49.8 Å². The molecule has 13 heteroatoms. The van der Waals surface area contributed by atoms with Crippen LogP contribution in [-0.2, 0) is 26.7 Å². The lowest BCUT2D eigenvalue weighted by Crippen LogP contribution is -2.78. The number of nitrogens with one attached hydrogen (secondary N) is 1. The number of methoxy groups -OCH3 is 2. The fraction of sp³-hybridized carbons (Fsp3) is 0.350. The van der Waals surface area contributed by atoms with E-state index in [9.17, 15) is 23.1 Å². The van der Waals surface area contributed by atoms with Crippen molar-refractivity contribution in [2.75, 3.05) is 34.9 Å². The number of furan rings is 1. The summed E-state index contributed by atoms with van der Waals surface area (Å²) in [6.07, 6.45) is 6.55. The molecule has 2 amide bonds. The number of aliphatic hydroxyl groups is 1. The van der Waals surface area contributed by atoms with Crippen molar-refractivity contribution in [2.24, 2.45) is 0 Å². The van der Waals surface area contributed by atoms with Gasteiger partial charge in [0.2, 0.25) is 15.9 Å². The monoisotopic (exact) mass is 739 g/mol. The van der Waals surface area contributed by atoms with E-state index in [1.165, 1.54) is 34.9 Å². The maximum Gasteiger partial charge on any atom is 0.253 e. The van der Waals surface area contributed by atoms with Crippen molar-refractivity contribution in [1.29, 1.82) is 0 Å². The van der Waals surface area contributed by atoms with E-state index in [-0.39, 0.29) is 48.3 Å². The van der Waals surface area contributed by atoms with Crippen LogP contribution in [0, 0.1) is 0 Å². The molecule has 3 aromatic carbocycles. The maximum absolute atomic E-state index is 15.0. The molecule has 8 rings (SSSR count). The lowest BCUT2D eigenvalue weighted by atomic mass is 9.48. The summed E-state index contributed by atoms with van der Waals surface area (Å²) in [6, 6.07) is 16.2. The number of sulfonamides is 1. The smallest absolute Gasteiger partial charge is 0.253 e. The van der Waals surface area contributed by atoms with E-state index in [4.69, 9.17) is 18.6 Å². The van der Waals surface area contributed by atoms with Crippen LogP contribution in [0.5, 0.6) is 17.2 Å². The molecule has 1 saturated heterocycles. The third-order valence-electron chi connectivity index (χ3n) is 11.5. The Labute approximate surface area is 308 Å². The van der Waals surface area contributed by atoms with Crippen molar-refractivity contribution >= 4 is 27.9 Å². The number of piperidine rings is 1. The highest BCUT2D eigenvalue weighted by Gasteiger charge is 2.74. The third kappa shape index (κ3) is 5.27. The predicted molar refractivity (Wildman–Crippen MR) is 195 cm³/mol. The normalized spacial score (nSPS) is 25.7. The van der Waals surface area contributed by atoms with E-state index >= 15 is 0 Å². The van der Waals surface area contributed by atoms with Crippen molar-refractivity contribution in [2.45, 2.75) is 59.8 Å². The predicted octanol–water partition coefficient (Wildman–Crippen LogP) is 4.41. The molecule has 276 valence electrons. The molecule has 12 nitrogen and oxygen atoms in total. The Morgan fingerprint density at radius 2 is 1.79 bits per heavy atom. The van der Waals surface area contributed by atoms with Crippen molar-refractivity contribution in [3.63, 3.8) is 0 Å². The van der Waals surface area contributed by atoms with Crippen molar-refractivity contribution < 1.29 is 41.7 Å². The molecule has 1 aromatic heterocycles. The van der Waals surface area contributed by atoms with Crippen LogP contribution < -0.4 is 19.5 Å². The van der Waals surface area contributed by atoms with Gasteiger partial charge in [-0.2, -0.15) is 4.31 Å². The molecule has 4 aliphatic rings. The van der Waals surface area contributed by atoms with Crippen molar-refractivity contribution in [3.05, 3.63) is 102 Å². The van der Waals surface area contributed by atoms with Crippen LogP contribution in [0.2, 0.25) is 0 Å². The molecule has 2 fully saturated rings. The maximum atomic E-state index is 15.0. The molecule has 1 saturated carbocycles. The van der Waals surface area contributed by atoms with Crippen LogP contribution in [0.4, 0.5) is 0 Å². The zero-order valence-corrected chi connectivity index (χ0v) is 30.7. The first-order valence-electron chi connectivity index (χ1n) is 17.5. The van der Waals surface area contributed by atoms with E-state index < -0.39 is 39.2 Å². The summed E-state index contributed by atoms with van der Waals surface area (Å²) in [5.74, 6) is 0.729. The Balaban J connectivity index is 1.18. The number of rotatable bonds is 9. The van der Waals surface area contributed by atoms with Gasteiger partial charge in [0.25, 0.3) is 5.91 Å². The van der Waals surface area contributed by atoms with Gasteiger partial charge in [0.1, 0.15) is 16.7 Å². The Morgan fingerprint density at radius 1 is 1.02 bits per heavy atom. The Morgan fingerprint density at radius 3 is 2.53 bits per heavy atom. The van der Waals surface area contributed by atoms with Crippen molar-refractivity contribution in [1.82, 2.24) is 14.5 Å². The minimum atomic E-state index is -4.27. The van der Waals surface area contributed by atoms with Gasteiger partial charge < -0.3 is 34.0 Å². The van der Waals surface area contributed by atoms with Crippen LogP contribution >= 0.6 is 0 Å². The van der Waals surface area contributed by atoms with E-state index in [0.29, 0.717) is 34.6 Å². The average Bonchev–Trinajstić information content (AvgIpc) is 3.81. The third-order valence-corrected chi connectivity index (χ3v) is 13.4. The van der Waals surface area contributed by atoms with E-state index in [1.807, 2.05) is 18.2 Å².